The van der Waals surface area contributed by atoms with Gasteiger partial charge in [-0.15, -0.1) is 0 Å². The smallest absolute Gasteiger partial charge is 0.337 e. The molecule has 0 amide bonds. The first-order valence-corrected chi connectivity index (χ1v) is 4.04. The van der Waals surface area contributed by atoms with Crippen LogP contribution in [0.3, 0.4) is 0 Å². The molecule has 1 aromatic carbocycles. The summed E-state index contributed by atoms with van der Waals surface area (Å²) in [7, 11) is 0. The maximum Gasteiger partial charge on any atom is 0.337 e. The summed E-state index contributed by atoms with van der Waals surface area (Å²) in [5.41, 5.74) is 6.03. The molecule has 1 heterocycles. The van der Waals surface area contributed by atoms with E-state index in [1.54, 1.807) is 0 Å². The molecule has 2 rings (SSSR count). The van der Waals surface area contributed by atoms with Gasteiger partial charge < -0.3 is 15.3 Å². The number of oxazole rings is 1. The second kappa shape index (κ2) is 2.88. The van der Waals surface area contributed by atoms with Crippen molar-refractivity contribution in [3.8, 4) is 0 Å². The van der Waals surface area contributed by atoms with Gasteiger partial charge in [0.1, 0.15) is 5.52 Å². The topological polar surface area (TPSA) is 89.3 Å². The highest BCUT2D eigenvalue weighted by Gasteiger charge is 2.13. The van der Waals surface area contributed by atoms with Gasteiger partial charge in [-0.25, -0.2) is 4.79 Å². The monoisotopic (exact) mass is 212 g/mol. The van der Waals surface area contributed by atoms with Crippen LogP contribution in [0.4, 0.5) is 6.01 Å². The first kappa shape index (κ1) is 8.83. The lowest BCUT2D eigenvalue weighted by atomic mass is 10.2. The Labute approximate surface area is 83.1 Å². The molecule has 0 aliphatic carbocycles. The third kappa shape index (κ3) is 1.27. The van der Waals surface area contributed by atoms with Gasteiger partial charge in [0.2, 0.25) is 0 Å². The Hall–Kier alpha value is -1.75. The third-order valence-corrected chi connectivity index (χ3v) is 2.04. The number of nitrogen functional groups attached to an aromatic ring is 1. The average molecular weight is 213 g/mol. The van der Waals surface area contributed by atoms with Crippen LogP contribution < -0.4 is 5.73 Å². The predicted molar refractivity (Wildman–Crippen MR) is 50.4 cm³/mol. The summed E-state index contributed by atoms with van der Waals surface area (Å²) in [6.45, 7) is 0. The molecule has 0 fully saturated rings. The van der Waals surface area contributed by atoms with E-state index in [0.29, 0.717) is 11.1 Å². The van der Waals surface area contributed by atoms with Crippen molar-refractivity contribution in [1.29, 1.82) is 0 Å². The highest BCUT2D eigenvalue weighted by atomic mass is 35.5. The molecule has 0 spiro atoms. The Morgan fingerprint density at radius 2 is 2.29 bits per heavy atom. The standard InChI is InChI=1S/C8H5ClN2O3/c9-4-2-6-5(11-8(10)14-6)1-3(4)7(12)13/h1-2H,(H2,10,11)(H,12,13). The molecule has 0 radical (unpaired) electrons. The normalized spacial score (nSPS) is 10.6. The summed E-state index contributed by atoms with van der Waals surface area (Å²) in [4.78, 5) is 14.5. The Bertz CT molecular complexity index is 521. The summed E-state index contributed by atoms with van der Waals surface area (Å²) in [5, 5.41) is 8.86. The van der Waals surface area contributed by atoms with Gasteiger partial charge in [0.25, 0.3) is 6.01 Å². The van der Waals surface area contributed by atoms with Crippen molar-refractivity contribution in [2.45, 2.75) is 0 Å². The number of aromatic carboxylic acids is 1. The van der Waals surface area contributed by atoms with E-state index in [9.17, 15) is 4.79 Å². The van der Waals surface area contributed by atoms with E-state index in [-0.39, 0.29) is 16.6 Å². The number of aromatic nitrogens is 1. The van der Waals surface area contributed by atoms with Gasteiger partial charge in [-0.2, -0.15) is 4.98 Å². The number of carboxylic acids is 1. The Morgan fingerprint density at radius 1 is 1.57 bits per heavy atom. The summed E-state index contributed by atoms with van der Waals surface area (Å²) in [6, 6.07) is 2.68. The molecule has 6 heteroatoms. The van der Waals surface area contributed by atoms with E-state index in [4.69, 9.17) is 26.9 Å². The summed E-state index contributed by atoms with van der Waals surface area (Å²) in [5.74, 6) is -1.11. The number of hydrogen-bond donors (Lipinski definition) is 2. The third-order valence-electron chi connectivity index (χ3n) is 1.72. The lowest BCUT2D eigenvalue weighted by molar-refractivity contribution is 0.0697. The van der Waals surface area contributed by atoms with Crippen LogP contribution in [0.2, 0.25) is 5.02 Å². The van der Waals surface area contributed by atoms with Crippen LogP contribution in [0, 0.1) is 0 Å². The molecule has 0 bridgehead atoms. The summed E-state index contributed by atoms with van der Waals surface area (Å²) in [6.07, 6.45) is 0. The zero-order valence-corrected chi connectivity index (χ0v) is 7.58. The number of anilines is 1. The van der Waals surface area contributed by atoms with E-state index in [0.717, 1.165) is 0 Å². The number of nitrogens with two attached hydrogens (primary N) is 1. The van der Waals surface area contributed by atoms with Crippen LogP contribution in [0.1, 0.15) is 10.4 Å². The van der Waals surface area contributed by atoms with Gasteiger partial charge in [-0.1, -0.05) is 11.6 Å². The largest absolute Gasteiger partial charge is 0.478 e. The highest BCUT2D eigenvalue weighted by Crippen LogP contribution is 2.25. The maximum atomic E-state index is 10.7. The minimum absolute atomic E-state index is 0.0152. The van der Waals surface area contributed by atoms with Crippen molar-refractivity contribution in [2.24, 2.45) is 0 Å². The number of carbonyl (C=O) groups is 1. The molecule has 14 heavy (non-hydrogen) atoms. The zero-order chi connectivity index (χ0) is 10.3. The van der Waals surface area contributed by atoms with E-state index in [1.165, 1.54) is 12.1 Å². The molecular weight excluding hydrogens is 208 g/mol. The SMILES string of the molecule is Nc1nc2cc(C(=O)O)c(Cl)cc2o1. The fourth-order valence-corrected chi connectivity index (χ4v) is 1.37. The summed E-state index contributed by atoms with van der Waals surface area (Å²) < 4.78 is 4.97. The van der Waals surface area contributed by atoms with E-state index >= 15 is 0 Å². The second-order valence-corrected chi connectivity index (χ2v) is 3.06. The second-order valence-electron chi connectivity index (χ2n) is 2.66. The minimum atomic E-state index is -1.11. The quantitative estimate of drug-likeness (QED) is 0.752. The number of halogens is 1. The van der Waals surface area contributed by atoms with Crippen LogP contribution in [-0.4, -0.2) is 16.1 Å². The van der Waals surface area contributed by atoms with Gasteiger partial charge in [-0.3, -0.25) is 0 Å². The predicted octanol–water partition coefficient (Wildman–Crippen LogP) is 1.76. The highest BCUT2D eigenvalue weighted by molar-refractivity contribution is 6.34. The fourth-order valence-electron chi connectivity index (χ4n) is 1.13. The Morgan fingerprint density at radius 3 is 2.93 bits per heavy atom. The van der Waals surface area contributed by atoms with Crippen LogP contribution >= 0.6 is 11.6 Å². The zero-order valence-electron chi connectivity index (χ0n) is 6.82. The molecule has 72 valence electrons. The summed E-state index contributed by atoms with van der Waals surface area (Å²) >= 11 is 5.70. The van der Waals surface area contributed by atoms with E-state index < -0.39 is 5.97 Å². The van der Waals surface area contributed by atoms with Gasteiger partial charge in [-0.05, 0) is 6.07 Å². The number of nitrogens with zero attached hydrogens (tertiary/aromatic N) is 1. The van der Waals surface area contributed by atoms with Crippen molar-refractivity contribution in [3.63, 3.8) is 0 Å². The lowest BCUT2D eigenvalue weighted by Crippen LogP contribution is -1.96. The van der Waals surface area contributed by atoms with Crippen molar-refractivity contribution < 1.29 is 14.3 Å². The molecule has 5 nitrogen and oxygen atoms in total. The first-order valence-electron chi connectivity index (χ1n) is 3.67. The van der Waals surface area contributed by atoms with Crippen molar-refractivity contribution in [3.05, 3.63) is 22.7 Å². The van der Waals surface area contributed by atoms with Crippen molar-refractivity contribution in [1.82, 2.24) is 4.98 Å². The maximum absolute atomic E-state index is 10.7. The Balaban J connectivity index is 2.76. The molecule has 0 aliphatic rings. The van der Waals surface area contributed by atoms with E-state index in [1.807, 2.05) is 0 Å². The van der Waals surface area contributed by atoms with Crippen LogP contribution in [0.25, 0.3) is 11.1 Å². The molecular formula is C8H5ClN2O3. The number of carboxylic acid groups (broad SMARTS) is 1. The number of rotatable bonds is 1. The number of benzene rings is 1. The average Bonchev–Trinajstić information content (AvgIpc) is 2.42. The van der Waals surface area contributed by atoms with Gasteiger partial charge in [0.15, 0.2) is 5.58 Å². The molecule has 1 aromatic heterocycles. The van der Waals surface area contributed by atoms with Gasteiger partial charge in [0, 0.05) is 6.07 Å². The van der Waals surface area contributed by atoms with Crippen molar-refractivity contribution in [2.75, 3.05) is 5.73 Å². The lowest BCUT2D eigenvalue weighted by Gasteiger charge is -1.96. The van der Waals surface area contributed by atoms with Gasteiger partial charge in [0.05, 0.1) is 10.6 Å². The molecule has 2 aromatic rings. The van der Waals surface area contributed by atoms with Crippen LogP contribution in [-0.2, 0) is 0 Å². The number of hydrogen-bond acceptors (Lipinski definition) is 4. The van der Waals surface area contributed by atoms with Crippen LogP contribution in [0.15, 0.2) is 16.5 Å². The Kier molecular flexibility index (Phi) is 1.82. The molecule has 0 unspecified atom stereocenters. The van der Waals surface area contributed by atoms with E-state index in [2.05, 4.69) is 4.98 Å². The fraction of sp³-hybridized carbons (Fsp3) is 0. The van der Waals surface area contributed by atoms with Crippen LogP contribution in [0.5, 0.6) is 0 Å². The molecule has 0 saturated carbocycles. The molecule has 0 atom stereocenters. The first-order chi connectivity index (χ1) is 6.58. The molecule has 0 saturated heterocycles. The van der Waals surface area contributed by atoms with Gasteiger partial charge >= 0.3 is 5.97 Å². The number of fused-ring (bicyclic) bond motifs is 1. The minimum Gasteiger partial charge on any atom is -0.478 e. The van der Waals surface area contributed by atoms with Crippen molar-refractivity contribution >= 4 is 34.7 Å². The molecule has 3 N–H and O–H groups in total. The molecule has 0 aliphatic heterocycles.